The molecule has 0 aliphatic heterocycles. The maximum atomic E-state index is 5.49. The van der Waals surface area contributed by atoms with Gasteiger partial charge in [0.05, 0.1) is 0 Å². The van der Waals surface area contributed by atoms with Crippen LogP contribution in [0.1, 0.15) is 13.8 Å². The molecule has 0 aliphatic rings. The van der Waals surface area contributed by atoms with Crippen LogP contribution in [0.3, 0.4) is 0 Å². The van der Waals surface area contributed by atoms with E-state index >= 15 is 0 Å². The Morgan fingerprint density at radius 1 is 1.20 bits per heavy atom. The lowest BCUT2D eigenvalue weighted by atomic mass is 10.1. The third-order valence-electron chi connectivity index (χ3n) is 2.82. The minimum absolute atomic E-state index is 0.495. The molecule has 0 fully saturated rings. The lowest BCUT2D eigenvalue weighted by Gasteiger charge is -2.11. The largest absolute Gasteiger partial charge is 0.325 e. The molecule has 2 rings (SSSR count). The maximum Gasteiger partial charge on any atom is 0.210 e. The molecule has 0 saturated carbocycles. The standard InChI is InChI=1S/C15H19BrN4/c1-10(2)9-18-15(20-17)19-14-6-4-11-7-13(16)5-3-12(11)8-14/h3-8,10H,9,17H2,1-2H3,(H2,18,19,20). The van der Waals surface area contributed by atoms with Gasteiger partial charge in [-0.25, -0.2) is 5.84 Å². The molecule has 4 N–H and O–H groups in total. The molecule has 2 aromatic rings. The molecule has 0 spiro atoms. The number of aliphatic imine (C=N–C) groups is 1. The molecule has 20 heavy (non-hydrogen) atoms. The fraction of sp³-hybridized carbons (Fsp3) is 0.267. The Labute approximate surface area is 127 Å². The van der Waals surface area contributed by atoms with Crippen LogP contribution in [0.25, 0.3) is 10.8 Å². The van der Waals surface area contributed by atoms with Crippen LogP contribution in [-0.2, 0) is 0 Å². The van der Waals surface area contributed by atoms with Crippen molar-refractivity contribution >= 4 is 38.3 Å². The highest BCUT2D eigenvalue weighted by molar-refractivity contribution is 9.10. The minimum Gasteiger partial charge on any atom is -0.325 e. The van der Waals surface area contributed by atoms with Gasteiger partial charge >= 0.3 is 0 Å². The monoisotopic (exact) mass is 334 g/mol. The summed E-state index contributed by atoms with van der Waals surface area (Å²) in [6.07, 6.45) is 0. The van der Waals surface area contributed by atoms with Gasteiger partial charge in [0.25, 0.3) is 0 Å². The molecule has 0 unspecified atom stereocenters. The Bertz CT molecular complexity index is 622. The van der Waals surface area contributed by atoms with Crippen LogP contribution >= 0.6 is 15.9 Å². The highest BCUT2D eigenvalue weighted by atomic mass is 79.9. The molecule has 0 heterocycles. The average molecular weight is 335 g/mol. The number of hydrazine groups is 1. The molecule has 0 saturated heterocycles. The zero-order valence-corrected chi connectivity index (χ0v) is 13.2. The summed E-state index contributed by atoms with van der Waals surface area (Å²) in [6.45, 7) is 4.96. The lowest BCUT2D eigenvalue weighted by molar-refractivity contribution is 0.663. The van der Waals surface area contributed by atoms with Crippen LogP contribution < -0.4 is 16.6 Å². The van der Waals surface area contributed by atoms with Crippen LogP contribution in [0.5, 0.6) is 0 Å². The Hall–Kier alpha value is -1.59. The van der Waals surface area contributed by atoms with Crippen LogP contribution in [0.15, 0.2) is 45.9 Å². The number of hydrogen-bond donors (Lipinski definition) is 3. The number of nitrogens with zero attached hydrogens (tertiary/aromatic N) is 1. The topological polar surface area (TPSA) is 62.4 Å². The van der Waals surface area contributed by atoms with Gasteiger partial charge in [0, 0.05) is 16.7 Å². The fourth-order valence-electron chi connectivity index (χ4n) is 1.83. The summed E-state index contributed by atoms with van der Waals surface area (Å²) in [7, 11) is 0. The summed E-state index contributed by atoms with van der Waals surface area (Å²) in [5, 5.41) is 5.54. The van der Waals surface area contributed by atoms with Crippen LogP contribution in [0.2, 0.25) is 0 Å². The number of hydrogen-bond acceptors (Lipinski definition) is 2. The third kappa shape index (κ3) is 3.95. The zero-order valence-electron chi connectivity index (χ0n) is 11.7. The molecule has 0 bridgehead atoms. The van der Waals surface area contributed by atoms with Gasteiger partial charge in [-0.3, -0.25) is 10.4 Å². The molecule has 0 aliphatic carbocycles. The van der Waals surface area contributed by atoms with Gasteiger partial charge in [0.2, 0.25) is 5.96 Å². The van der Waals surface area contributed by atoms with E-state index in [2.05, 4.69) is 69.8 Å². The van der Waals surface area contributed by atoms with Gasteiger partial charge in [-0.1, -0.05) is 41.9 Å². The minimum atomic E-state index is 0.495. The quantitative estimate of drug-likeness (QED) is 0.348. The van der Waals surface area contributed by atoms with Gasteiger partial charge < -0.3 is 5.32 Å². The van der Waals surface area contributed by atoms with E-state index in [1.165, 1.54) is 10.8 Å². The molecule has 4 nitrogen and oxygen atoms in total. The number of nitrogens with two attached hydrogens (primary N) is 1. The molecular weight excluding hydrogens is 316 g/mol. The molecule has 5 heteroatoms. The molecule has 0 radical (unpaired) electrons. The second kappa shape index (κ2) is 6.72. The normalized spacial score (nSPS) is 11.9. The van der Waals surface area contributed by atoms with E-state index < -0.39 is 0 Å². The third-order valence-corrected chi connectivity index (χ3v) is 3.31. The van der Waals surface area contributed by atoms with E-state index in [4.69, 9.17) is 5.84 Å². The highest BCUT2D eigenvalue weighted by Crippen LogP contribution is 2.22. The fourth-order valence-corrected chi connectivity index (χ4v) is 2.20. The first-order valence-corrected chi connectivity index (χ1v) is 7.35. The predicted molar refractivity (Wildman–Crippen MR) is 89.7 cm³/mol. The van der Waals surface area contributed by atoms with Crippen molar-refractivity contribution in [1.82, 2.24) is 5.43 Å². The number of nitrogens with one attached hydrogen (secondary N) is 2. The zero-order chi connectivity index (χ0) is 14.5. The van der Waals surface area contributed by atoms with E-state index in [0.717, 1.165) is 16.7 Å². The molecule has 106 valence electrons. The number of halogens is 1. The molecule has 0 aromatic heterocycles. The van der Waals surface area contributed by atoms with Crippen molar-refractivity contribution in [3.05, 3.63) is 40.9 Å². The van der Waals surface area contributed by atoms with Gasteiger partial charge in [-0.05, 0) is 41.0 Å². The highest BCUT2D eigenvalue weighted by Gasteiger charge is 2.01. The van der Waals surface area contributed by atoms with E-state index in [9.17, 15) is 0 Å². The maximum absolute atomic E-state index is 5.49. The summed E-state index contributed by atoms with van der Waals surface area (Å²) >= 11 is 3.48. The second-order valence-corrected chi connectivity index (χ2v) is 5.97. The summed E-state index contributed by atoms with van der Waals surface area (Å²) in [5.74, 6) is 6.56. The van der Waals surface area contributed by atoms with E-state index in [-0.39, 0.29) is 0 Å². The Morgan fingerprint density at radius 3 is 2.60 bits per heavy atom. The number of guanidine groups is 1. The summed E-state index contributed by atoms with van der Waals surface area (Å²) in [4.78, 5) is 4.39. The Morgan fingerprint density at radius 2 is 1.90 bits per heavy atom. The van der Waals surface area contributed by atoms with Gasteiger partial charge in [-0.15, -0.1) is 0 Å². The number of anilines is 1. The molecule has 2 aromatic carbocycles. The van der Waals surface area contributed by atoms with Crippen molar-refractivity contribution < 1.29 is 0 Å². The smallest absolute Gasteiger partial charge is 0.210 e. The first-order chi connectivity index (χ1) is 9.58. The number of rotatable bonds is 3. The molecular formula is C15H19BrN4. The number of benzene rings is 2. The summed E-state index contributed by atoms with van der Waals surface area (Å²) < 4.78 is 1.08. The van der Waals surface area contributed by atoms with Crippen LogP contribution in [0, 0.1) is 5.92 Å². The molecule has 0 amide bonds. The van der Waals surface area contributed by atoms with Crippen molar-refractivity contribution in [2.24, 2.45) is 16.8 Å². The Balaban J connectivity index is 2.20. The van der Waals surface area contributed by atoms with Crippen molar-refractivity contribution in [2.45, 2.75) is 13.8 Å². The van der Waals surface area contributed by atoms with Gasteiger partial charge in [0.15, 0.2) is 0 Å². The van der Waals surface area contributed by atoms with E-state index in [1.54, 1.807) is 0 Å². The van der Waals surface area contributed by atoms with Crippen molar-refractivity contribution in [3.63, 3.8) is 0 Å². The van der Waals surface area contributed by atoms with Crippen LogP contribution in [-0.4, -0.2) is 12.5 Å². The lowest BCUT2D eigenvalue weighted by Crippen LogP contribution is -2.36. The van der Waals surface area contributed by atoms with Gasteiger partial charge in [-0.2, -0.15) is 0 Å². The predicted octanol–water partition coefficient (Wildman–Crippen LogP) is 3.49. The van der Waals surface area contributed by atoms with E-state index in [0.29, 0.717) is 11.9 Å². The van der Waals surface area contributed by atoms with Gasteiger partial charge in [0.1, 0.15) is 0 Å². The van der Waals surface area contributed by atoms with Crippen LogP contribution in [0.4, 0.5) is 5.69 Å². The summed E-state index contributed by atoms with van der Waals surface area (Å²) in [6, 6.07) is 12.3. The Kier molecular flexibility index (Phi) is 4.98. The van der Waals surface area contributed by atoms with Crippen molar-refractivity contribution in [1.29, 1.82) is 0 Å². The first-order valence-electron chi connectivity index (χ1n) is 6.56. The van der Waals surface area contributed by atoms with Crippen molar-refractivity contribution in [2.75, 3.05) is 11.9 Å². The average Bonchev–Trinajstić information content (AvgIpc) is 2.43. The summed E-state index contributed by atoms with van der Waals surface area (Å²) in [5.41, 5.74) is 3.55. The molecule has 0 atom stereocenters. The number of fused-ring (bicyclic) bond motifs is 1. The SMILES string of the molecule is CC(C)CN=C(NN)Nc1ccc2cc(Br)ccc2c1. The van der Waals surface area contributed by atoms with E-state index in [1.807, 2.05) is 12.1 Å². The second-order valence-electron chi connectivity index (χ2n) is 5.06. The van der Waals surface area contributed by atoms with Crippen molar-refractivity contribution in [3.8, 4) is 0 Å². The first kappa shape index (κ1) is 14.8.